The summed E-state index contributed by atoms with van der Waals surface area (Å²) in [4.78, 5) is 12.5. The third kappa shape index (κ3) is 6.05. The monoisotopic (exact) mass is 442 g/mol. The first kappa shape index (κ1) is 22.3. The number of carbonyl (C=O) groups is 1. The van der Waals surface area contributed by atoms with E-state index in [1.807, 2.05) is 25.1 Å². The van der Waals surface area contributed by atoms with Crippen molar-refractivity contribution < 1.29 is 22.3 Å². The van der Waals surface area contributed by atoms with E-state index in [0.717, 1.165) is 22.0 Å². The summed E-state index contributed by atoms with van der Waals surface area (Å²) >= 11 is 0. The average molecular weight is 443 g/mol. The van der Waals surface area contributed by atoms with Crippen molar-refractivity contribution in [3.8, 4) is 5.75 Å². The molecule has 8 heteroatoms. The second-order valence-electron chi connectivity index (χ2n) is 6.81. The zero-order valence-electron chi connectivity index (χ0n) is 17.0. The maximum atomic E-state index is 13.4. The highest BCUT2D eigenvalue weighted by atomic mass is 32.2. The smallest absolute Gasteiger partial charge is 0.264 e. The minimum Gasteiger partial charge on any atom is -0.492 e. The minimum absolute atomic E-state index is 0.0441. The fraction of sp³-hybridized carbons (Fsp3) is 0.174. The van der Waals surface area contributed by atoms with Crippen molar-refractivity contribution in [3.63, 3.8) is 0 Å². The molecule has 6 nitrogen and oxygen atoms in total. The molecule has 3 aromatic carbocycles. The van der Waals surface area contributed by atoms with Crippen molar-refractivity contribution in [2.75, 3.05) is 24.0 Å². The largest absolute Gasteiger partial charge is 0.492 e. The highest BCUT2D eigenvalue weighted by molar-refractivity contribution is 7.92. The summed E-state index contributed by atoms with van der Waals surface area (Å²) in [5.41, 5.74) is 1.10. The van der Waals surface area contributed by atoms with E-state index < -0.39 is 28.3 Å². The molecule has 1 amide bonds. The Kier molecular flexibility index (Phi) is 7.25. The molecule has 0 aromatic heterocycles. The topological polar surface area (TPSA) is 75.7 Å². The highest BCUT2D eigenvalue weighted by Gasteiger charge is 2.27. The molecule has 0 radical (unpaired) electrons. The molecule has 3 rings (SSSR count). The van der Waals surface area contributed by atoms with Crippen LogP contribution in [0.3, 0.4) is 0 Å². The Balaban J connectivity index is 1.71. The van der Waals surface area contributed by atoms with Gasteiger partial charge < -0.3 is 10.1 Å². The van der Waals surface area contributed by atoms with Crippen LogP contribution in [0.5, 0.6) is 5.75 Å². The van der Waals surface area contributed by atoms with Gasteiger partial charge in [0.05, 0.1) is 17.1 Å². The van der Waals surface area contributed by atoms with Crippen LogP contribution in [0.25, 0.3) is 0 Å². The molecule has 3 aromatic rings. The fourth-order valence-electron chi connectivity index (χ4n) is 2.82. The first-order chi connectivity index (χ1) is 14.9. The lowest BCUT2D eigenvalue weighted by Gasteiger charge is -2.24. The van der Waals surface area contributed by atoms with E-state index in [-0.39, 0.29) is 23.7 Å². The number of rotatable bonds is 9. The van der Waals surface area contributed by atoms with Crippen LogP contribution >= 0.6 is 0 Å². The second kappa shape index (κ2) is 10.1. The standard InChI is InChI=1S/C23H23FN2O4S/c1-18-7-13-22(14-8-18)31(28,29)26(20-11-9-19(24)10-12-20)17-23(27)25-15-16-30-21-5-3-2-4-6-21/h2-14H,15-17H2,1H3,(H,25,27). The second-order valence-corrected chi connectivity index (χ2v) is 8.67. The zero-order chi connectivity index (χ0) is 22.3. The summed E-state index contributed by atoms with van der Waals surface area (Å²) in [5.74, 6) is -0.331. The summed E-state index contributed by atoms with van der Waals surface area (Å²) in [6.45, 7) is 1.83. The van der Waals surface area contributed by atoms with Gasteiger partial charge in [-0.15, -0.1) is 0 Å². The number of sulfonamides is 1. The lowest BCUT2D eigenvalue weighted by atomic mass is 10.2. The Morgan fingerprint density at radius 1 is 0.968 bits per heavy atom. The summed E-state index contributed by atoms with van der Waals surface area (Å²) in [6, 6.07) is 20.4. The lowest BCUT2D eigenvalue weighted by Crippen LogP contribution is -2.41. The van der Waals surface area contributed by atoms with Crippen molar-refractivity contribution in [1.82, 2.24) is 5.32 Å². The van der Waals surface area contributed by atoms with E-state index in [1.165, 1.54) is 24.3 Å². The van der Waals surface area contributed by atoms with Gasteiger partial charge in [0, 0.05) is 0 Å². The Labute approximate surface area is 181 Å². The Hall–Kier alpha value is -3.39. The molecular weight excluding hydrogens is 419 g/mol. The molecule has 0 aliphatic carbocycles. The number of halogens is 1. The third-order valence-electron chi connectivity index (χ3n) is 4.45. The minimum atomic E-state index is -4.03. The number of carbonyl (C=O) groups excluding carboxylic acids is 1. The van der Waals surface area contributed by atoms with E-state index in [2.05, 4.69) is 5.32 Å². The molecule has 0 unspecified atom stereocenters. The summed E-state index contributed by atoms with van der Waals surface area (Å²) in [6.07, 6.45) is 0. The van der Waals surface area contributed by atoms with Gasteiger partial charge >= 0.3 is 0 Å². The predicted molar refractivity (Wildman–Crippen MR) is 117 cm³/mol. The molecule has 0 bridgehead atoms. The molecule has 31 heavy (non-hydrogen) atoms. The highest BCUT2D eigenvalue weighted by Crippen LogP contribution is 2.24. The molecule has 0 fully saturated rings. The maximum Gasteiger partial charge on any atom is 0.264 e. The number of aryl methyl sites for hydroxylation is 1. The average Bonchev–Trinajstić information content (AvgIpc) is 2.77. The van der Waals surface area contributed by atoms with Gasteiger partial charge in [0.1, 0.15) is 24.7 Å². The SMILES string of the molecule is Cc1ccc(S(=O)(=O)N(CC(=O)NCCOc2ccccc2)c2ccc(F)cc2)cc1. The van der Waals surface area contributed by atoms with Gasteiger partial charge in [-0.25, -0.2) is 12.8 Å². The van der Waals surface area contributed by atoms with Crippen LogP contribution < -0.4 is 14.4 Å². The third-order valence-corrected chi connectivity index (χ3v) is 6.24. The number of nitrogens with zero attached hydrogens (tertiary/aromatic N) is 1. The molecule has 0 aliphatic rings. The number of ether oxygens (including phenoxy) is 1. The van der Waals surface area contributed by atoms with Crippen LogP contribution in [0.2, 0.25) is 0 Å². The summed E-state index contributed by atoms with van der Waals surface area (Å²) in [7, 11) is -4.03. The number of anilines is 1. The Morgan fingerprint density at radius 2 is 1.61 bits per heavy atom. The van der Waals surface area contributed by atoms with Gasteiger partial charge in [-0.1, -0.05) is 35.9 Å². The van der Waals surface area contributed by atoms with Gasteiger partial charge in [0.2, 0.25) is 5.91 Å². The van der Waals surface area contributed by atoms with E-state index in [9.17, 15) is 17.6 Å². The van der Waals surface area contributed by atoms with Crippen LogP contribution in [0.1, 0.15) is 5.56 Å². The van der Waals surface area contributed by atoms with Gasteiger partial charge in [-0.3, -0.25) is 9.10 Å². The first-order valence-electron chi connectivity index (χ1n) is 9.66. The molecule has 0 aliphatic heterocycles. The maximum absolute atomic E-state index is 13.4. The van der Waals surface area contributed by atoms with Crippen LogP contribution in [0.4, 0.5) is 10.1 Å². The number of para-hydroxylation sites is 1. The Bertz CT molecular complexity index is 1100. The van der Waals surface area contributed by atoms with E-state index in [0.29, 0.717) is 5.75 Å². The lowest BCUT2D eigenvalue weighted by molar-refractivity contribution is -0.119. The van der Waals surface area contributed by atoms with E-state index in [4.69, 9.17) is 4.74 Å². The van der Waals surface area contributed by atoms with Crippen LogP contribution in [-0.2, 0) is 14.8 Å². The number of hydrogen-bond donors (Lipinski definition) is 1. The molecule has 0 saturated heterocycles. The van der Waals surface area contributed by atoms with Crippen molar-refractivity contribution in [1.29, 1.82) is 0 Å². The number of hydrogen-bond acceptors (Lipinski definition) is 4. The van der Waals surface area contributed by atoms with E-state index in [1.54, 1.807) is 24.3 Å². The molecule has 0 saturated carbocycles. The van der Waals surface area contributed by atoms with Crippen LogP contribution in [0, 0.1) is 12.7 Å². The molecule has 1 N–H and O–H groups in total. The number of nitrogens with one attached hydrogen (secondary N) is 1. The van der Waals surface area contributed by atoms with Crippen molar-refractivity contribution in [3.05, 3.63) is 90.2 Å². The quantitative estimate of drug-likeness (QED) is 0.515. The summed E-state index contributed by atoms with van der Waals surface area (Å²) < 4.78 is 46.3. The molecule has 0 spiro atoms. The van der Waals surface area contributed by atoms with Crippen LogP contribution in [-0.4, -0.2) is 34.0 Å². The fourth-order valence-corrected chi connectivity index (χ4v) is 4.24. The molecular formula is C23H23FN2O4S. The number of amides is 1. The normalized spacial score (nSPS) is 11.0. The van der Waals surface area contributed by atoms with Crippen molar-refractivity contribution >= 4 is 21.6 Å². The van der Waals surface area contributed by atoms with Crippen molar-refractivity contribution in [2.45, 2.75) is 11.8 Å². The van der Waals surface area contributed by atoms with Gasteiger partial charge in [0.15, 0.2) is 0 Å². The number of benzene rings is 3. The molecule has 0 heterocycles. The molecule has 162 valence electrons. The van der Waals surface area contributed by atoms with Crippen molar-refractivity contribution in [2.24, 2.45) is 0 Å². The van der Waals surface area contributed by atoms with Gasteiger partial charge in [-0.2, -0.15) is 0 Å². The van der Waals surface area contributed by atoms with Gasteiger partial charge in [-0.05, 0) is 55.5 Å². The van der Waals surface area contributed by atoms with Crippen LogP contribution in [0.15, 0.2) is 83.8 Å². The molecule has 0 atom stereocenters. The summed E-state index contributed by atoms with van der Waals surface area (Å²) in [5, 5.41) is 2.65. The van der Waals surface area contributed by atoms with E-state index >= 15 is 0 Å². The predicted octanol–water partition coefficient (Wildman–Crippen LogP) is 3.52. The first-order valence-corrected chi connectivity index (χ1v) is 11.1. The zero-order valence-corrected chi connectivity index (χ0v) is 17.8. The Morgan fingerprint density at radius 3 is 2.26 bits per heavy atom. The van der Waals surface area contributed by atoms with Gasteiger partial charge in [0.25, 0.3) is 10.0 Å².